The highest BCUT2D eigenvalue weighted by atomic mass is 79.9. The molecule has 0 heterocycles. The zero-order chi connectivity index (χ0) is 15.7. The van der Waals surface area contributed by atoms with E-state index in [0.717, 1.165) is 31.4 Å². The molecule has 0 saturated heterocycles. The number of benzene rings is 1. The summed E-state index contributed by atoms with van der Waals surface area (Å²) in [6.07, 6.45) is -1.38. The molecular formula is C14H16BrF3N2O. The molecule has 0 spiro atoms. The van der Waals surface area contributed by atoms with Gasteiger partial charge in [-0.25, -0.2) is 0 Å². The third kappa shape index (κ3) is 3.97. The maximum absolute atomic E-state index is 12.7. The molecule has 0 unspecified atom stereocenters. The zero-order valence-corrected chi connectivity index (χ0v) is 12.9. The minimum absolute atomic E-state index is 0.133. The highest BCUT2D eigenvalue weighted by molar-refractivity contribution is 9.10. The van der Waals surface area contributed by atoms with E-state index in [1.807, 2.05) is 0 Å². The normalized spacial score (nSPS) is 17.2. The number of anilines is 1. The second-order valence-electron chi connectivity index (χ2n) is 5.51. The summed E-state index contributed by atoms with van der Waals surface area (Å²) in [5.41, 5.74) is 4.83. The number of carbonyl (C=O) groups excluding carboxylic acids is 1. The fraction of sp³-hybridized carbons (Fsp3) is 0.500. The Morgan fingerprint density at radius 1 is 1.33 bits per heavy atom. The molecule has 1 aromatic rings. The van der Waals surface area contributed by atoms with Gasteiger partial charge in [-0.3, -0.25) is 4.79 Å². The van der Waals surface area contributed by atoms with Crippen LogP contribution in [0.1, 0.15) is 31.2 Å². The van der Waals surface area contributed by atoms with Gasteiger partial charge in [-0.1, -0.05) is 22.4 Å². The van der Waals surface area contributed by atoms with Gasteiger partial charge in [-0.05, 0) is 43.0 Å². The van der Waals surface area contributed by atoms with E-state index >= 15 is 0 Å². The van der Waals surface area contributed by atoms with Gasteiger partial charge in [0.05, 0.1) is 5.56 Å². The van der Waals surface area contributed by atoms with Crippen molar-refractivity contribution >= 4 is 27.5 Å². The lowest BCUT2D eigenvalue weighted by atomic mass is 9.66. The van der Waals surface area contributed by atoms with Crippen LogP contribution in [0.25, 0.3) is 0 Å². The number of carbonyl (C=O) groups is 1. The third-order valence-electron chi connectivity index (χ3n) is 3.89. The highest BCUT2D eigenvalue weighted by Gasteiger charge is 2.37. The number of hydrogen-bond acceptors (Lipinski definition) is 2. The first-order valence-electron chi connectivity index (χ1n) is 6.62. The molecule has 3 N–H and O–H groups in total. The van der Waals surface area contributed by atoms with Crippen LogP contribution in [0.5, 0.6) is 0 Å². The van der Waals surface area contributed by atoms with Gasteiger partial charge in [0.1, 0.15) is 0 Å². The van der Waals surface area contributed by atoms with E-state index in [1.165, 1.54) is 6.07 Å². The molecule has 1 saturated carbocycles. The Morgan fingerprint density at radius 2 is 2.00 bits per heavy atom. The fourth-order valence-corrected chi connectivity index (χ4v) is 2.99. The molecule has 3 nitrogen and oxygen atoms in total. The summed E-state index contributed by atoms with van der Waals surface area (Å²) in [7, 11) is 0. The van der Waals surface area contributed by atoms with E-state index in [0.29, 0.717) is 6.54 Å². The smallest absolute Gasteiger partial charge is 0.330 e. The summed E-state index contributed by atoms with van der Waals surface area (Å²) in [6.45, 7) is 0.423. The van der Waals surface area contributed by atoms with Crippen molar-refractivity contribution < 1.29 is 18.0 Å². The van der Waals surface area contributed by atoms with Crippen LogP contribution < -0.4 is 11.1 Å². The van der Waals surface area contributed by atoms with Crippen molar-refractivity contribution in [2.45, 2.75) is 31.9 Å². The van der Waals surface area contributed by atoms with Crippen LogP contribution in [0.2, 0.25) is 0 Å². The van der Waals surface area contributed by atoms with Gasteiger partial charge in [0.15, 0.2) is 0 Å². The Bertz CT molecular complexity index is 536. The molecule has 0 atom stereocenters. The molecule has 116 valence electrons. The molecule has 0 radical (unpaired) electrons. The first-order valence-corrected chi connectivity index (χ1v) is 7.41. The molecule has 0 aromatic heterocycles. The first kappa shape index (κ1) is 16.3. The summed E-state index contributed by atoms with van der Waals surface area (Å²) in [4.78, 5) is 12.0. The average Bonchev–Trinajstić information content (AvgIpc) is 2.32. The zero-order valence-electron chi connectivity index (χ0n) is 11.3. The van der Waals surface area contributed by atoms with Crippen molar-refractivity contribution in [3.63, 3.8) is 0 Å². The predicted octanol–water partition coefficient (Wildman–Crippen LogP) is 3.93. The van der Waals surface area contributed by atoms with Crippen LogP contribution in [0.4, 0.5) is 18.9 Å². The lowest BCUT2D eigenvalue weighted by Gasteiger charge is -2.40. The largest absolute Gasteiger partial charge is 0.416 e. The van der Waals surface area contributed by atoms with Crippen LogP contribution in [-0.2, 0) is 11.0 Å². The number of alkyl halides is 3. The topological polar surface area (TPSA) is 55.1 Å². The number of amides is 1. The molecule has 1 amide bonds. The maximum atomic E-state index is 12.7. The van der Waals surface area contributed by atoms with Crippen LogP contribution in [0, 0.1) is 5.41 Å². The number of rotatable bonds is 4. The number of nitrogens with one attached hydrogen (secondary N) is 1. The van der Waals surface area contributed by atoms with E-state index in [2.05, 4.69) is 21.2 Å². The molecule has 21 heavy (non-hydrogen) atoms. The summed E-state index contributed by atoms with van der Waals surface area (Å²) >= 11 is 3.02. The second-order valence-corrected chi connectivity index (χ2v) is 6.42. The average molecular weight is 365 g/mol. The van der Waals surface area contributed by atoms with Crippen molar-refractivity contribution in [2.24, 2.45) is 11.1 Å². The second kappa shape index (κ2) is 5.96. The maximum Gasteiger partial charge on any atom is 0.416 e. The Labute approximate surface area is 129 Å². The molecule has 7 heteroatoms. The number of nitrogens with two attached hydrogens (primary N) is 1. The van der Waals surface area contributed by atoms with Crippen LogP contribution in [0.15, 0.2) is 22.7 Å². The fourth-order valence-electron chi connectivity index (χ4n) is 2.50. The number of halogens is 4. The number of hydrogen-bond donors (Lipinski definition) is 2. The molecule has 0 aliphatic heterocycles. The van der Waals surface area contributed by atoms with Gasteiger partial charge in [-0.2, -0.15) is 13.2 Å². The third-order valence-corrected chi connectivity index (χ3v) is 4.35. The van der Waals surface area contributed by atoms with E-state index in [-0.39, 0.29) is 27.9 Å². The van der Waals surface area contributed by atoms with E-state index in [9.17, 15) is 18.0 Å². The van der Waals surface area contributed by atoms with Gasteiger partial charge < -0.3 is 11.1 Å². The van der Waals surface area contributed by atoms with Gasteiger partial charge in [0.2, 0.25) is 5.91 Å². The van der Waals surface area contributed by atoms with Crippen molar-refractivity contribution in [1.29, 1.82) is 0 Å². The minimum atomic E-state index is -4.45. The summed E-state index contributed by atoms with van der Waals surface area (Å²) in [5.74, 6) is -0.300. The Kier molecular flexibility index (Phi) is 4.63. The minimum Gasteiger partial charge on any atom is -0.330 e. The molecule has 1 aliphatic carbocycles. The molecule has 0 bridgehead atoms. The Hall–Kier alpha value is -1.08. The Balaban J connectivity index is 2.09. The SMILES string of the molecule is NCC1(CC(=O)Nc2cc(Br)cc(C(F)(F)F)c2)CCC1. The van der Waals surface area contributed by atoms with Gasteiger partial charge in [0, 0.05) is 16.6 Å². The van der Waals surface area contributed by atoms with Crippen molar-refractivity contribution in [3.05, 3.63) is 28.2 Å². The predicted molar refractivity (Wildman–Crippen MR) is 77.7 cm³/mol. The highest BCUT2D eigenvalue weighted by Crippen LogP contribution is 2.43. The van der Waals surface area contributed by atoms with Gasteiger partial charge >= 0.3 is 6.18 Å². The lowest BCUT2D eigenvalue weighted by molar-refractivity contribution is -0.137. The lowest BCUT2D eigenvalue weighted by Crippen LogP contribution is -2.40. The summed E-state index contributed by atoms with van der Waals surface area (Å²) < 4.78 is 38.4. The standard InChI is InChI=1S/C14H16BrF3N2O/c15-10-4-9(14(16,17)18)5-11(6-10)20-12(21)7-13(8-19)2-1-3-13/h4-6H,1-3,7-8,19H2,(H,20,21). The van der Waals surface area contributed by atoms with Crippen LogP contribution >= 0.6 is 15.9 Å². The van der Waals surface area contributed by atoms with Gasteiger partial charge in [0.25, 0.3) is 0 Å². The molecule has 2 rings (SSSR count). The van der Waals surface area contributed by atoms with Crippen LogP contribution in [-0.4, -0.2) is 12.5 Å². The summed E-state index contributed by atoms with van der Waals surface area (Å²) in [5, 5.41) is 2.53. The quantitative estimate of drug-likeness (QED) is 0.850. The molecule has 1 aromatic carbocycles. The first-order chi connectivity index (χ1) is 9.74. The monoisotopic (exact) mass is 364 g/mol. The summed E-state index contributed by atoms with van der Waals surface area (Å²) in [6, 6.07) is 3.35. The Morgan fingerprint density at radius 3 is 2.48 bits per heavy atom. The van der Waals surface area contributed by atoms with Crippen molar-refractivity contribution in [3.8, 4) is 0 Å². The van der Waals surface area contributed by atoms with E-state index in [1.54, 1.807) is 0 Å². The van der Waals surface area contributed by atoms with E-state index < -0.39 is 11.7 Å². The van der Waals surface area contributed by atoms with Gasteiger partial charge in [-0.15, -0.1) is 0 Å². The molecule has 1 aliphatic rings. The molecular weight excluding hydrogens is 349 g/mol. The molecule has 1 fully saturated rings. The van der Waals surface area contributed by atoms with Crippen molar-refractivity contribution in [1.82, 2.24) is 0 Å². The van der Waals surface area contributed by atoms with E-state index in [4.69, 9.17) is 5.73 Å². The van der Waals surface area contributed by atoms with Crippen LogP contribution in [0.3, 0.4) is 0 Å². The van der Waals surface area contributed by atoms with Crippen molar-refractivity contribution in [2.75, 3.05) is 11.9 Å².